The minimum absolute atomic E-state index is 0.00143. The second-order valence-electron chi connectivity index (χ2n) is 6.07. The Morgan fingerprint density at radius 1 is 1.33 bits per heavy atom. The van der Waals surface area contributed by atoms with Crippen molar-refractivity contribution in [2.24, 2.45) is 11.8 Å². The Labute approximate surface area is 148 Å². The first-order valence-corrected chi connectivity index (χ1v) is 8.40. The van der Waals surface area contributed by atoms with Crippen LogP contribution in [0, 0.1) is 11.8 Å². The molecule has 2 atom stereocenters. The Bertz CT molecular complexity index is 741. The zero-order valence-electron chi connectivity index (χ0n) is 12.7. The number of carboxylic acid groups (broad SMARTS) is 1. The van der Waals surface area contributed by atoms with Crippen LogP contribution >= 0.6 is 23.2 Å². The summed E-state index contributed by atoms with van der Waals surface area (Å²) >= 11 is 12.6. The summed E-state index contributed by atoms with van der Waals surface area (Å²) in [6.07, 6.45) is 3.42. The number of aliphatic hydroxyl groups excluding tert-OH is 1. The Balaban J connectivity index is 1.96. The molecule has 0 bridgehead atoms. The van der Waals surface area contributed by atoms with Gasteiger partial charge in [-0.15, -0.1) is 0 Å². The molecule has 5 nitrogen and oxygen atoms in total. The van der Waals surface area contributed by atoms with E-state index in [9.17, 15) is 9.59 Å². The third-order valence-electron chi connectivity index (χ3n) is 4.55. The summed E-state index contributed by atoms with van der Waals surface area (Å²) in [4.78, 5) is 22.9. The van der Waals surface area contributed by atoms with Crippen molar-refractivity contribution < 1.29 is 24.5 Å². The van der Waals surface area contributed by atoms with Gasteiger partial charge in [0.15, 0.2) is 12.4 Å². The number of ether oxygens (including phenoxy) is 1. The van der Waals surface area contributed by atoms with Crippen molar-refractivity contribution in [3.05, 3.63) is 33.3 Å². The zero-order valence-corrected chi connectivity index (χ0v) is 14.2. The number of halogens is 2. The Kier molecular flexibility index (Phi) is 4.85. The number of carbonyl (C=O) groups excluding carboxylic acids is 1. The molecule has 2 aliphatic rings. The van der Waals surface area contributed by atoms with Crippen LogP contribution in [0.25, 0.3) is 5.57 Å². The van der Waals surface area contributed by atoms with E-state index < -0.39 is 12.6 Å². The fourth-order valence-corrected chi connectivity index (χ4v) is 4.02. The monoisotopic (exact) mass is 370 g/mol. The number of carbonyl (C=O) groups is 2. The minimum atomic E-state index is -1.10. The largest absolute Gasteiger partial charge is 0.480 e. The van der Waals surface area contributed by atoms with Crippen molar-refractivity contribution in [1.29, 1.82) is 0 Å². The van der Waals surface area contributed by atoms with Crippen molar-refractivity contribution in [1.82, 2.24) is 0 Å². The van der Waals surface area contributed by atoms with Crippen LogP contribution in [0.3, 0.4) is 0 Å². The number of fused-ring (bicyclic) bond motifs is 3. The van der Waals surface area contributed by atoms with E-state index in [0.29, 0.717) is 19.3 Å². The molecule has 0 amide bonds. The van der Waals surface area contributed by atoms with E-state index in [4.69, 9.17) is 38.2 Å². The van der Waals surface area contributed by atoms with Crippen LogP contribution in [0.5, 0.6) is 5.75 Å². The van der Waals surface area contributed by atoms with E-state index >= 15 is 0 Å². The van der Waals surface area contributed by atoms with E-state index in [-0.39, 0.29) is 40.0 Å². The maximum Gasteiger partial charge on any atom is 0.341 e. The van der Waals surface area contributed by atoms with E-state index in [1.807, 2.05) is 0 Å². The Morgan fingerprint density at radius 2 is 2.08 bits per heavy atom. The summed E-state index contributed by atoms with van der Waals surface area (Å²) in [7, 11) is 0. The number of hydrogen-bond acceptors (Lipinski definition) is 4. The molecule has 0 aromatic heterocycles. The number of benzene rings is 1. The fourth-order valence-electron chi connectivity index (χ4n) is 3.50. The van der Waals surface area contributed by atoms with E-state index in [2.05, 4.69) is 0 Å². The smallest absolute Gasteiger partial charge is 0.341 e. The van der Waals surface area contributed by atoms with Gasteiger partial charge in [0.1, 0.15) is 10.8 Å². The molecule has 1 aromatic rings. The lowest BCUT2D eigenvalue weighted by atomic mass is 9.79. The highest BCUT2D eigenvalue weighted by Gasteiger charge is 2.37. The molecule has 24 heavy (non-hydrogen) atoms. The van der Waals surface area contributed by atoms with E-state index in [1.165, 1.54) is 0 Å². The molecule has 2 aliphatic carbocycles. The third-order valence-corrected chi connectivity index (χ3v) is 5.40. The number of hydrogen-bond donors (Lipinski definition) is 2. The first kappa shape index (κ1) is 17.3. The summed E-state index contributed by atoms with van der Waals surface area (Å²) in [5.74, 6) is -0.883. The molecule has 1 aromatic carbocycles. The molecule has 0 saturated heterocycles. The molecule has 0 aliphatic heterocycles. The summed E-state index contributed by atoms with van der Waals surface area (Å²) in [6.45, 7) is -0.517. The maximum absolute atomic E-state index is 12.2. The predicted molar refractivity (Wildman–Crippen MR) is 89.6 cm³/mol. The molecule has 128 valence electrons. The number of aliphatic hydroxyl groups is 1. The SMILES string of the molecule is O=C(O)COc1cc2c(c(Cl)c1Cl)C1=CC(=O)C(CCO)CC1C2. The quantitative estimate of drug-likeness (QED) is 0.832. The number of rotatable bonds is 5. The molecule has 0 radical (unpaired) electrons. The minimum Gasteiger partial charge on any atom is -0.480 e. The van der Waals surface area contributed by atoms with Gasteiger partial charge in [-0.3, -0.25) is 4.79 Å². The van der Waals surface area contributed by atoms with Gasteiger partial charge in [0.2, 0.25) is 0 Å². The van der Waals surface area contributed by atoms with Crippen LogP contribution in [0.4, 0.5) is 0 Å². The van der Waals surface area contributed by atoms with Gasteiger partial charge in [0, 0.05) is 18.1 Å². The third kappa shape index (κ3) is 3.04. The number of carboxylic acids is 1. The predicted octanol–water partition coefficient (Wildman–Crippen LogP) is 2.98. The van der Waals surface area contributed by atoms with Crippen LogP contribution in [-0.4, -0.2) is 35.2 Å². The molecule has 0 saturated carbocycles. The molecule has 0 fully saturated rings. The number of aliphatic carboxylic acids is 1. The van der Waals surface area contributed by atoms with Gasteiger partial charge in [-0.05, 0) is 48.5 Å². The van der Waals surface area contributed by atoms with Crippen LogP contribution in [0.2, 0.25) is 10.0 Å². The standard InChI is InChI=1S/C17H16Cl2O5/c18-16-13(24-7-14(22)23)5-10-4-9-3-8(1-2-20)12(21)6-11(9)15(10)17(16)19/h5-6,8-9,20H,1-4,7H2,(H,22,23). The van der Waals surface area contributed by atoms with Crippen molar-refractivity contribution in [3.63, 3.8) is 0 Å². The van der Waals surface area contributed by atoms with Crippen LogP contribution in [-0.2, 0) is 16.0 Å². The van der Waals surface area contributed by atoms with Gasteiger partial charge < -0.3 is 14.9 Å². The Hall–Kier alpha value is -1.56. The number of ketones is 1. The van der Waals surface area contributed by atoms with Gasteiger partial charge in [0.05, 0.1) is 5.02 Å². The average molecular weight is 371 g/mol. The summed E-state index contributed by atoms with van der Waals surface area (Å²) in [6, 6.07) is 1.71. The first-order valence-electron chi connectivity index (χ1n) is 7.64. The van der Waals surface area contributed by atoms with Crippen molar-refractivity contribution in [2.75, 3.05) is 13.2 Å². The van der Waals surface area contributed by atoms with Gasteiger partial charge in [-0.25, -0.2) is 4.79 Å². The van der Waals surface area contributed by atoms with Crippen molar-refractivity contribution in [2.45, 2.75) is 19.3 Å². The number of allylic oxidation sites excluding steroid dienone is 2. The molecule has 7 heteroatoms. The van der Waals surface area contributed by atoms with Gasteiger partial charge >= 0.3 is 5.97 Å². The first-order chi connectivity index (χ1) is 11.4. The lowest BCUT2D eigenvalue weighted by Gasteiger charge is -2.24. The molecule has 0 spiro atoms. The summed E-state index contributed by atoms with van der Waals surface area (Å²) in [5, 5.41) is 18.3. The second-order valence-corrected chi connectivity index (χ2v) is 6.82. The highest BCUT2D eigenvalue weighted by Crippen LogP contribution is 2.50. The topological polar surface area (TPSA) is 83.8 Å². The van der Waals surface area contributed by atoms with Gasteiger partial charge in [-0.2, -0.15) is 0 Å². The fraction of sp³-hybridized carbons (Fsp3) is 0.412. The van der Waals surface area contributed by atoms with Crippen LogP contribution in [0.15, 0.2) is 12.1 Å². The molecule has 3 rings (SSSR count). The Morgan fingerprint density at radius 3 is 2.75 bits per heavy atom. The summed E-state index contributed by atoms with van der Waals surface area (Å²) in [5.41, 5.74) is 2.53. The van der Waals surface area contributed by atoms with Gasteiger partial charge in [-0.1, -0.05) is 23.2 Å². The van der Waals surface area contributed by atoms with Gasteiger partial charge in [0.25, 0.3) is 0 Å². The molecular formula is C17H16Cl2O5. The van der Waals surface area contributed by atoms with Crippen molar-refractivity contribution >= 4 is 40.5 Å². The highest BCUT2D eigenvalue weighted by molar-refractivity contribution is 6.44. The van der Waals surface area contributed by atoms with Crippen LogP contribution < -0.4 is 4.74 Å². The molecule has 0 heterocycles. The molecular weight excluding hydrogens is 355 g/mol. The van der Waals surface area contributed by atoms with E-state index in [0.717, 1.165) is 16.7 Å². The van der Waals surface area contributed by atoms with E-state index in [1.54, 1.807) is 12.1 Å². The van der Waals surface area contributed by atoms with Crippen molar-refractivity contribution in [3.8, 4) is 5.75 Å². The molecule has 2 N–H and O–H groups in total. The lowest BCUT2D eigenvalue weighted by Crippen LogP contribution is -2.23. The highest BCUT2D eigenvalue weighted by atomic mass is 35.5. The zero-order chi connectivity index (χ0) is 17.4. The normalized spacial score (nSPS) is 22.0. The van der Waals surface area contributed by atoms with Crippen LogP contribution in [0.1, 0.15) is 24.0 Å². The summed E-state index contributed by atoms with van der Waals surface area (Å²) < 4.78 is 5.20. The maximum atomic E-state index is 12.2. The second kappa shape index (κ2) is 6.75. The lowest BCUT2D eigenvalue weighted by molar-refractivity contribution is -0.139. The average Bonchev–Trinajstić information content (AvgIpc) is 2.87. The molecule has 2 unspecified atom stereocenters.